The van der Waals surface area contributed by atoms with Gasteiger partial charge in [0.25, 0.3) is 0 Å². The molecule has 0 unspecified atom stereocenters. The fourth-order valence-corrected chi connectivity index (χ4v) is 3.23. The van der Waals surface area contributed by atoms with Gasteiger partial charge in [-0.2, -0.15) is 8.78 Å². The van der Waals surface area contributed by atoms with Crippen LogP contribution < -0.4 is 10.6 Å². The predicted molar refractivity (Wildman–Crippen MR) is 114 cm³/mol. The van der Waals surface area contributed by atoms with Crippen LogP contribution in [0.4, 0.5) is 19.3 Å². The first-order chi connectivity index (χ1) is 13.8. The second kappa shape index (κ2) is 7.69. The van der Waals surface area contributed by atoms with Gasteiger partial charge in [0.2, 0.25) is 0 Å². The van der Waals surface area contributed by atoms with Gasteiger partial charge in [-0.15, -0.1) is 0 Å². The normalized spacial score (nSPS) is 14.0. The van der Waals surface area contributed by atoms with Crippen molar-refractivity contribution in [2.75, 3.05) is 11.9 Å². The number of hydrogen-bond donors (Lipinski definition) is 2. The fourth-order valence-electron chi connectivity index (χ4n) is 3.04. The van der Waals surface area contributed by atoms with E-state index < -0.39 is 16.5 Å². The van der Waals surface area contributed by atoms with E-state index in [-0.39, 0.29) is 11.7 Å². The number of ketones is 1. The van der Waals surface area contributed by atoms with Crippen LogP contribution in [0.15, 0.2) is 48.8 Å². The standard InChI is InChI=1S/C20H17F2IN4O2/c21-20(22,23)11-25-19(29)26-15-3-1-2-13(8-15)16-10-24-17-9-14(6-7-27(16)17)18(28)12-4-5-12/h1-3,6-10,12H,4-5,11H2,(H2,25,26,29). The molecule has 3 aromatic rings. The summed E-state index contributed by atoms with van der Waals surface area (Å²) in [4.78, 5) is 28.5. The van der Waals surface area contributed by atoms with Crippen LogP contribution in [0.2, 0.25) is 0 Å². The molecule has 0 bridgehead atoms. The summed E-state index contributed by atoms with van der Waals surface area (Å²) in [5.74, 6) is 0.305. The number of alkyl halides is 3. The molecule has 2 heterocycles. The number of hydrogen-bond acceptors (Lipinski definition) is 3. The molecule has 150 valence electrons. The van der Waals surface area contributed by atoms with E-state index in [0.717, 1.165) is 46.7 Å². The zero-order valence-electron chi connectivity index (χ0n) is 15.2. The minimum Gasteiger partial charge on any atom is -0.331 e. The van der Waals surface area contributed by atoms with E-state index in [1.165, 1.54) is 0 Å². The number of carbonyl (C=O) groups excluding carboxylic acids is 2. The Morgan fingerprint density at radius 3 is 2.76 bits per heavy atom. The van der Waals surface area contributed by atoms with E-state index in [9.17, 15) is 18.4 Å². The Labute approximate surface area is 178 Å². The first-order valence-corrected chi connectivity index (χ1v) is 10.1. The Hall–Kier alpha value is -2.56. The third-order valence-corrected chi connectivity index (χ3v) is 4.99. The molecule has 6 nitrogen and oxygen atoms in total. The van der Waals surface area contributed by atoms with Gasteiger partial charge in [-0.05, 0) is 37.1 Å². The van der Waals surface area contributed by atoms with E-state index in [4.69, 9.17) is 0 Å². The highest BCUT2D eigenvalue weighted by atomic mass is 127. The van der Waals surface area contributed by atoms with Gasteiger partial charge < -0.3 is 10.6 Å². The van der Waals surface area contributed by atoms with Crippen LogP contribution in [0.1, 0.15) is 23.2 Å². The Bertz CT molecular complexity index is 1090. The molecular formula is C20H17F2IN4O2. The van der Waals surface area contributed by atoms with E-state index in [1.54, 1.807) is 36.5 Å². The molecule has 0 radical (unpaired) electrons. The summed E-state index contributed by atoms with van der Waals surface area (Å²) in [7, 11) is 0. The summed E-state index contributed by atoms with van der Waals surface area (Å²) < 4.78 is 24.6. The van der Waals surface area contributed by atoms with Crippen molar-refractivity contribution in [2.45, 2.75) is 16.8 Å². The van der Waals surface area contributed by atoms with Gasteiger partial charge in [0.1, 0.15) is 5.65 Å². The number of carbonyl (C=O) groups is 2. The maximum Gasteiger partial charge on any atom is 0.319 e. The number of halogens is 3. The van der Waals surface area contributed by atoms with Crippen LogP contribution in [0.25, 0.3) is 16.9 Å². The molecule has 1 aliphatic carbocycles. The van der Waals surface area contributed by atoms with Crippen molar-refractivity contribution in [3.8, 4) is 11.3 Å². The van der Waals surface area contributed by atoms with Crippen molar-refractivity contribution in [1.82, 2.24) is 14.7 Å². The first-order valence-electron chi connectivity index (χ1n) is 9.03. The van der Waals surface area contributed by atoms with E-state index in [1.807, 2.05) is 16.7 Å². The van der Waals surface area contributed by atoms with Gasteiger partial charge >= 0.3 is 9.96 Å². The topological polar surface area (TPSA) is 75.5 Å². The van der Waals surface area contributed by atoms with Crippen LogP contribution in [0.5, 0.6) is 0 Å². The summed E-state index contributed by atoms with van der Waals surface area (Å²) in [5, 5.41) is 4.68. The number of pyridine rings is 1. The lowest BCUT2D eigenvalue weighted by atomic mass is 10.1. The second-order valence-corrected chi connectivity index (χ2v) is 8.51. The van der Waals surface area contributed by atoms with Crippen LogP contribution in [0, 0.1) is 5.92 Å². The highest BCUT2D eigenvalue weighted by Gasteiger charge is 2.30. The first kappa shape index (κ1) is 19.7. The van der Waals surface area contributed by atoms with Crippen LogP contribution in [-0.2, 0) is 0 Å². The van der Waals surface area contributed by atoms with E-state index >= 15 is 0 Å². The maximum atomic E-state index is 12.9. The van der Waals surface area contributed by atoms with Crippen LogP contribution in [0.3, 0.4) is 0 Å². The number of benzene rings is 1. The van der Waals surface area contributed by atoms with Crippen LogP contribution >= 0.6 is 22.6 Å². The molecule has 0 saturated heterocycles. The highest BCUT2D eigenvalue weighted by molar-refractivity contribution is 14.1. The molecule has 1 aromatic carbocycles. The zero-order chi connectivity index (χ0) is 20.6. The average Bonchev–Trinajstić information content (AvgIpc) is 3.44. The number of urea groups is 1. The Morgan fingerprint density at radius 2 is 2.03 bits per heavy atom. The molecule has 4 rings (SSSR count). The molecular weight excluding hydrogens is 493 g/mol. The average molecular weight is 510 g/mol. The molecule has 1 saturated carbocycles. The minimum absolute atomic E-state index is 0.146. The number of nitrogens with one attached hydrogen (secondary N) is 2. The summed E-state index contributed by atoms with van der Waals surface area (Å²) in [5.41, 5.74) is 3.36. The molecule has 1 aliphatic rings. The summed E-state index contributed by atoms with van der Waals surface area (Å²) in [6.07, 6.45) is 5.40. The molecule has 2 aromatic heterocycles. The molecule has 1 fully saturated rings. The van der Waals surface area contributed by atoms with Gasteiger partial charge in [-0.25, -0.2) is 9.78 Å². The molecule has 2 N–H and O–H groups in total. The van der Waals surface area contributed by atoms with Crippen molar-refractivity contribution in [3.05, 3.63) is 54.4 Å². The third kappa shape index (κ3) is 4.72. The number of nitrogens with zero attached hydrogens (tertiary/aromatic N) is 2. The molecule has 0 aliphatic heterocycles. The van der Waals surface area contributed by atoms with Gasteiger partial charge in [-0.1, -0.05) is 12.1 Å². The van der Waals surface area contributed by atoms with Crippen molar-refractivity contribution in [3.63, 3.8) is 0 Å². The molecule has 0 spiro atoms. The van der Waals surface area contributed by atoms with Gasteiger partial charge in [0.15, 0.2) is 5.78 Å². The van der Waals surface area contributed by atoms with Crippen molar-refractivity contribution < 1.29 is 18.4 Å². The number of Topliss-reactive ketones (excluding diaryl/α,β-unsaturated/α-hetero) is 1. The monoisotopic (exact) mass is 510 g/mol. The maximum absolute atomic E-state index is 12.9. The Kier molecular flexibility index (Phi) is 5.24. The van der Waals surface area contributed by atoms with Crippen molar-refractivity contribution in [1.29, 1.82) is 0 Å². The zero-order valence-corrected chi connectivity index (χ0v) is 17.3. The lowest BCUT2D eigenvalue weighted by molar-refractivity contribution is 0.0967. The van der Waals surface area contributed by atoms with E-state index in [2.05, 4.69) is 15.6 Å². The molecule has 9 heteroatoms. The fraction of sp³-hybridized carbons (Fsp3) is 0.250. The van der Waals surface area contributed by atoms with Crippen molar-refractivity contribution in [2.24, 2.45) is 5.92 Å². The minimum atomic E-state index is -3.01. The summed E-state index contributed by atoms with van der Waals surface area (Å²) in [6.45, 7) is -0.756. The smallest absolute Gasteiger partial charge is 0.319 e. The summed E-state index contributed by atoms with van der Waals surface area (Å²) in [6, 6.07) is 9.87. The number of rotatable bonds is 6. The Balaban J connectivity index is 1.54. The summed E-state index contributed by atoms with van der Waals surface area (Å²) >= 11 is 0.968. The predicted octanol–water partition coefficient (Wildman–Crippen LogP) is 4.74. The lowest BCUT2D eigenvalue weighted by Crippen LogP contribution is -2.35. The SMILES string of the molecule is O=C(NCC(F)(F)I)Nc1cccc(-c2cnc3cc(C(=O)C4CC4)ccn23)c1. The molecule has 2 amide bonds. The largest absolute Gasteiger partial charge is 0.331 e. The number of imidazole rings is 1. The highest BCUT2D eigenvalue weighted by Crippen LogP contribution is 2.33. The number of anilines is 1. The van der Waals surface area contributed by atoms with Crippen LogP contribution in [-0.4, -0.2) is 31.7 Å². The quantitative estimate of drug-likeness (QED) is 0.286. The lowest BCUT2D eigenvalue weighted by Gasteiger charge is -2.11. The van der Waals surface area contributed by atoms with E-state index in [0.29, 0.717) is 16.9 Å². The Morgan fingerprint density at radius 1 is 1.24 bits per heavy atom. The number of aromatic nitrogens is 2. The number of fused-ring (bicyclic) bond motifs is 1. The third-order valence-electron chi connectivity index (χ3n) is 4.61. The van der Waals surface area contributed by atoms with Gasteiger partial charge in [-0.3, -0.25) is 9.20 Å². The van der Waals surface area contributed by atoms with Crippen molar-refractivity contribution >= 4 is 45.7 Å². The molecule has 29 heavy (non-hydrogen) atoms. The number of amides is 2. The molecule has 0 atom stereocenters. The van der Waals surface area contributed by atoms with Gasteiger partial charge in [0, 0.05) is 51.5 Å². The second-order valence-electron chi connectivity index (χ2n) is 6.93. The van der Waals surface area contributed by atoms with Gasteiger partial charge in [0.05, 0.1) is 18.4 Å².